The van der Waals surface area contributed by atoms with Gasteiger partial charge in [0.25, 0.3) is 0 Å². The Bertz CT molecular complexity index is 469. The highest BCUT2D eigenvalue weighted by Gasteiger charge is 2.25. The third kappa shape index (κ3) is 3.63. The zero-order valence-electron chi connectivity index (χ0n) is 12.6. The van der Waals surface area contributed by atoms with Crippen molar-refractivity contribution in [3.63, 3.8) is 0 Å². The molecule has 0 unspecified atom stereocenters. The number of hydrogen-bond acceptors (Lipinski definition) is 3. The molecule has 1 fully saturated rings. The molecule has 1 aromatic rings. The van der Waals surface area contributed by atoms with Crippen LogP contribution in [0.5, 0.6) is 0 Å². The molecule has 0 radical (unpaired) electrons. The summed E-state index contributed by atoms with van der Waals surface area (Å²) in [7, 11) is 0. The summed E-state index contributed by atoms with van der Waals surface area (Å²) in [5, 5.41) is 10.1. The lowest BCUT2D eigenvalue weighted by Crippen LogP contribution is -2.53. The molecule has 20 heavy (non-hydrogen) atoms. The largest absolute Gasteiger partial charge is 0.370 e. The summed E-state index contributed by atoms with van der Waals surface area (Å²) in [6.45, 7) is 11.0. The van der Waals surface area contributed by atoms with Crippen LogP contribution in [0.4, 0.5) is 11.4 Å². The Morgan fingerprint density at radius 3 is 2.40 bits per heavy atom. The van der Waals surface area contributed by atoms with Gasteiger partial charge in [0.05, 0.1) is 0 Å². The summed E-state index contributed by atoms with van der Waals surface area (Å²) in [5.41, 5.74) is 7.66. The molecule has 2 rings (SSSR count). The maximum atomic E-state index is 7.29. The predicted octanol–water partition coefficient (Wildman–Crippen LogP) is 1.91. The van der Waals surface area contributed by atoms with E-state index in [-0.39, 0.29) is 11.5 Å². The van der Waals surface area contributed by atoms with Crippen LogP contribution in [-0.2, 0) is 0 Å². The summed E-state index contributed by atoms with van der Waals surface area (Å²) in [6.07, 6.45) is 0. The first kappa shape index (κ1) is 14.7. The van der Waals surface area contributed by atoms with Crippen LogP contribution in [0, 0.1) is 5.41 Å². The minimum absolute atomic E-state index is 0.0281. The minimum Gasteiger partial charge on any atom is -0.370 e. The molecule has 1 aliphatic heterocycles. The lowest BCUT2D eigenvalue weighted by atomic mass is 10.0. The van der Waals surface area contributed by atoms with E-state index >= 15 is 0 Å². The Labute approximate surface area is 121 Å². The number of nitrogens with one attached hydrogen (secondary N) is 2. The molecule has 110 valence electrons. The van der Waals surface area contributed by atoms with Crippen molar-refractivity contribution < 1.29 is 0 Å². The maximum absolute atomic E-state index is 7.29. The van der Waals surface area contributed by atoms with Crippen LogP contribution in [0.1, 0.15) is 20.8 Å². The van der Waals surface area contributed by atoms with Gasteiger partial charge in [0, 0.05) is 43.1 Å². The molecule has 0 atom stereocenters. The molecular weight excluding hydrogens is 250 g/mol. The number of guanidine groups is 1. The fourth-order valence-corrected chi connectivity index (χ4v) is 2.57. The van der Waals surface area contributed by atoms with Crippen LogP contribution in [-0.4, -0.2) is 42.6 Å². The van der Waals surface area contributed by atoms with Crippen molar-refractivity contribution in [3.8, 4) is 0 Å². The van der Waals surface area contributed by atoms with Crippen molar-refractivity contribution in [1.29, 1.82) is 5.41 Å². The molecule has 0 aliphatic carbocycles. The Kier molecular flexibility index (Phi) is 4.18. The van der Waals surface area contributed by atoms with Crippen LogP contribution >= 0.6 is 0 Å². The van der Waals surface area contributed by atoms with Crippen molar-refractivity contribution in [2.45, 2.75) is 26.3 Å². The molecule has 0 spiro atoms. The molecule has 5 heteroatoms. The first-order chi connectivity index (χ1) is 9.36. The van der Waals surface area contributed by atoms with Crippen LogP contribution < -0.4 is 16.0 Å². The van der Waals surface area contributed by atoms with Gasteiger partial charge >= 0.3 is 0 Å². The van der Waals surface area contributed by atoms with E-state index in [1.807, 2.05) is 18.2 Å². The molecule has 0 aromatic heterocycles. The number of hydrogen-bond donors (Lipinski definition) is 3. The molecule has 1 aromatic carbocycles. The second-order valence-electron chi connectivity index (χ2n) is 6.23. The second-order valence-corrected chi connectivity index (χ2v) is 6.23. The summed E-state index contributed by atoms with van der Waals surface area (Å²) in [5.74, 6) is -0.0281. The molecule has 5 nitrogen and oxygen atoms in total. The summed E-state index contributed by atoms with van der Waals surface area (Å²) in [4.78, 5) is 4.90. The van der Waals surface area contributed by atoms with Gasteiger partial charge in [-0.2, -0.15) is 0 Å². The number of piperazine rings is 1. The van der Waals surface area contributed by atoms with Crippen molar-refractivity contribution in [1.82, 2.24) is 4.90 Å². The molecule has 1 saturated heterocycles. The van der Waals surface area contributed by atoms with Crippen molar-refractivity contribution >= 4 is 17.3 Å². The monoisotopic (exact) mass is 275 g/mol. The number of rotatable bonds is 2. The van der Waals surface area contributed by atoms with Gasteiger partial charge in [-0.25, -0.2) is 0 Å². The molecule has 0 bridgehead atoms. The van der Waals surface area contributed by atoms with Gasteiger partial charge < -0.3 is 16.0 Å². The second kappa shape index (κ2) is 5.71. The first-order valence-electron chi connectivity index (χ1n) is 7.07. The van der Waals surface area contributed by atoms with E-state index in [1.165, 1.54) is 5.69 Å². The topological polar surface area (TPSA) is 68.4 Å². The van der Waals surface area contributed by atoms with Gasteiger partial charge in [-0.1, -0.05) is 6.07 Å². The van der Waals surface area contributed by atoms with Crippen LogP contribution in [0.2, 0.25) is 0 Å². The fraction of sp³-hybridized carbons (Fsp3) is 0.533. The summed E-state index contributed by atoms with van der Waals surface area (Å²) < 4.78 is 0. The number of anilines is 2. The maximum Gasteiger partial charge on any atom is 0.190 e. The number of benzene rings is 1. The Morgan fingerprint density at radius 2 is 1.85 bits per heavy atom. The molecule has 1 aliphatic rings. The SMILES string of the molecule is CC(C)(C)N1CCN(c2cccc(NC(=N)N)c2)CC1. The molecule has 0 amide bonds. The zero-order valence-corrected chi connectivity index (χ0v) is 12.6. The summed E-state index contributed by atoms with van der Waals surface area (Å²) in [6, 6.07) is 8.08. The van der Waals surface area contributed by atoms with E-state index in [0.29, 0.717) is 0 Å². The van der Waals surface area contributed by atoms with Crippen molar-refractivity contribution in [3.05, 3.63) is 24.3 Å². The summed E-state index contributed by atoms with van der Waals surface area (Å²) >= 11 is 0. The number of nitrogens with zero attached hydrogens (tertiary/aromatic N) is 2. The Hall–Kier alpha value is -1.75. The fourth-order valence-electron chi connectivity index (χ4n) is 2.57. The molecular formula is C15H25N5. The predicted molar refractivity (Wildman–Crippen MR) is 85.5 cm³/mol. The van der Waals surface area contributed by atoms with Gasteiger partial charge in [0.15, 0.2) is 5.96 Å². The quantitative estimate of drug-likeness (QED) is 0.570. The van der Waals surface area contributed by atoms with Crippen molar-refractivity contribution in [2.75, 3.05) is 36.4 Å². The van der Waals surface area contributed by atoms with Crippen LogP contribution in [0.3, 0.4) is 0 Å². The first-order valence-corrected chi connectivity index (χ1v) is 7.07. The van der Waals surface area contributed by atoms with Gasteiger partial charge in [0.2, 0.25) is 0 Å². The minimum atomic E-state index is -0.0281. The van der Waals surface area contributed by atoms with E-state index < -0.39 is 0 Å². The van der Waals surface area contributed by atoms with Crippen LogP contribution in [0.15, 0.2) is 24.3 Å². The third-order valence-electron chi connectivity index (χ3n) is 3.72. The highest BCUT2D eigenvalue weighted by atomic mass is 15.3. The van der Waals surface area contributed by atoms with Crippen molar-refractivity contribution in [2.24, 2.45) is 5.73 Å². The van der Waals surface area contributed by atoms with E-state index in [2.05, 4.69) is 42.0 Å². The molecule has 0 saturated carbocycles. The Balaban J connectivity index is 2.02. The lowest BCUT2D eigenvalue weighted by Gasteiger charge is -2.43. The van der Waals surface area contributed by atoms with E-state index in [1.54, 1.807) is 0 Å². The van der Waals surface area contributed by atoms with Gasteiger partial charge in [0.1, 0.15) is 0 Å². The average molecular weight is 275 g/mol. The highest BCUT2D eigenvalue weighted by Crippen LogP contribution is 2.23. The highest BCUT2D eigenvalue weighted by molar-refractivity contribution is 5.90. The smallest absolute Gasteiger partial charge is 0.190 e. The molecule has 4 N–H and O–H groups in total. The van der Waals surface area contributed by atoms with Gasteiger partial charge in [-0.3, -0.25) is 10.3 Å². The third-order valence-corrected chi connectivity index (χ3v) is 3.72. The van der Waals surface area contributed by atoms with E-state index in [9.17, 15) is 0 Å². The normalized spacial score (nSPS) is 17.1. The average Bonchev–Trinajstić information content (AvgIpc) is 2.37. The van der Waals surface area contributed by atoms with Crippen LogP contribution in [0.25, 0.3) is 0 Å². The molecule has 1 heterocycles. The van der Waals surface area contributed by atoms with Gasteiger partial charge in [-0.15, -0.1) is 0 Å². The number of nitrogens with two attached hydrogens (primary N) is 1. The zero-order chi connectivity index (χ0) is 14.8. The van der Waals surface area contributed by atoms with E-state index in [4.69, 9.17) is 11.1 Å². The van der Waals surface area contributed by atoms with Gasteiger partial charge in [-0.05, 0) is 39.0 Å². The Morgan fingerprint density at radius 1 is 1.20 bits per heavy atom. The standard InChI is InChI=1S/C15H25N5/c1-15(2,3)20-9-7-19(8-10-20)13-6-4-5-12(11-13)18-14(16)17/h4-6,11H,7-10H2,1-3H3,(H4,16,17,18). The lowest BCUT2D eigenvalue weighted by molar-refractivity contribution is 0.128. The van der Waals surface area contributed by atoms with E-state index in [0.717, 1.165) is 31.9 Å².